The van der Waals surface area contributed by atoms with Crippen LogP contribution in [0.3, 0.4) is 0 Å². The van der Waals surface area contributed by atoms with Gasteiger partial charge in [0.1, 0.15) is 5.76 Å². The molecule has 0 bridgehead atoms. The van der Waals surface area contributed by atoms with Crippen molar-refractivity contribution in [3.63, 3.8) is 0 Å². The predicted octanol–water partition coefficient (Wildman–Crippen LogP) is 1.34. The minimum absolute atomic E-state index is 0.0905. The lowest BCUT2D eigenvalue weighted by atomic mass is 10.3. The van der Waals surface area contributed by atoms with Gasteiger partial charge in [-0.2, -0.15) is 0 Å². The van der Waals surface area contributed by atoms with Gasteiger partial charge >= 0.3 is 11.7 Å². The lowest BCUT2D eigenvalue weighted by Gasteiger charge is -2.06. The summed E-state index contributed by atoms with van der Waals surface area (Å²) in [6.45, 7) is 1.89. The van der Waals surface area contributed by atoms with Gasteiger partial charge in [0.15, 0.2) is 5.16 Å². The van der Waals surface area contributed by atoms with Gasteiger partial charge in [0.2, 0.25) is 5.76 Å². The highest BCUT2D eigenvalue weighted by Gasteiger charge is 2.18. The smallest absolute Gasteiger partial charge is 0.373 e. The van der Waals surface area contributed by atoms with Crippen LogP contribution in [0.25, 0.3) is 0 Å². The first kappa shape index (κ1) is 13.5. The van der Waals surface area contributed by atoms with E-state index in [4.69, 9.17) is 4.42 Å². The first-order valence-corrected chi connectivity index (χ1v) is 6.37. The van der Waals surface area contributed by atoms with Crippen LogP contribution in [-0.2, 0) is 11.8 Å². The molecule has 1 unspecified atom stereocenters. The van der Waals surface area contributed by atoms with Gasteiger partial charge in [-0.25, -0.2) is 14.7 Å². The zero-order valence-electron chi connectivity index (χ0n) is 10.7. The summed E-state index contributed by atoms with van der Waals surface area (Å²) in [5.74, 6) is 0.248. The Kier molecular flexibility index (Phi) is 3.79. The van der Waals surface area contributed by atoms with E-state index in [1.807, 2.05) is 6.92 Å². The first-order valence-electron chi connectivity index (χ1n) is 5.49. The molecule has 0 saturated carbocycles. The lowest BCUT2D eigenvalue weighted by Crippen LogP contribution is -2.13. The maximum atomic E-state index is 11.3. The van der Waals surface area contributed by atoms with Crippen molar-refractivity contribution in [2.24, 2.45) is 7.05 Å². The van der Waals surface area contributed by atoms with E-state index in [9.17, 15) is 9.59 Å². The number of hydrogen-bond donors (Lipinski definition) is 1. The van der Waals surface area contributed by atoms with E-state index in [2.05, 4.69) is 14.9 Å². The molecule has 1 atom stereocenters. The third kappa shape index (κ3) is 2.73. The SMILES string of the molecule is COC(=O)c1ccc(C(C)Sc2n[nH]c(=O)n2C)o1. The largest absolute Gasteiger partial charge is 0.463 e. The van der Waals surface area contributed by atoms with Crippen LogP contribution in [0.1, 0.15) is 28.5 Å². The van der Waals surface area contributed by atoms with Crippen LogP contribution in [0.5, 0.6) is 0 Å². The fourth-order valence-electron chi connectivity index (χ4n) is 1.44. The molecule has 2 rings (SSSR count). The molecule has 2 aromatic rings. The van der Waals surface area contributed by atoms with Crippen LogP contribution in [0.2, 0.25) is 0 Å². The number of hydrogen-bond acceptors (Lipinski definition) is 6. The molecule has 0 aliphatic heterocycles. The minimum Gasteiger partial charge on any atom is -0.463 e. The van der Waals surface area contributed by atoms with Crippen molar-refractivity contribution in [2.75, 3.05) is 7.11 Å². The van der Waals surface area contributed by atoms with Crippen molar-refractivity contribution >= 4 is 17.7 Å². The number of methoxy groups -OCH3 is 1. The number of aromatic nitrogens is 3. The second-order valence-electron chi connectivity index (χ2n) is 3.82. The van der Waals surface area contributed by atoms with Crippen molar-refractivity contribution < 1.29 is 13.9 Å². The second-order valence-corrected chi connectivity index (χ2v) is 5.13. The molecule has 0 saturated heterocycles. The van der Waals surface area contributed by atoms with Gasteiger partial charge in [-0.15, -0.1) is 5.10 Å². The summed E-state index contributed by atoms with van der Waals surface area (Å²) in [4.78, 5) is 22.5. The molecule has 102 valence electrons. The summed E-state index contributed by atoms with van der Waals surface area (Å²) < 4.78 is 11.4. The summed E-state index contributed by atoms with van der Waals surface area (Å²) in [7, 11) is 2.92. The van der Waals surface area contributed by atoms with Gasteiger partial charge in [-0.1, -0.05) is 11.8 Å². The zero-order chi connectivity index (χ0) is 14.0. The third-order valence-electron chi connectivity index (χ3n) is 2.53. The zero-order valence-corrected chi connectivity index (χ0v) is 11.5. The van der Waals surface area contributed by atoms with Crippen molar-refractivity contribution in [3.8, 4) is 0 Å². The standard InChI is InChI=1S/C11H13N3O4S/c1-6(19-11-13-12-10(16)14(11)2)7-4-5-8(18-7)9(15)17-3/h4-6H,1-3H3,(H,12,16). The monoisotopic (exact) mass is 283 g/mol. The van der Waals surface area contributed by atoms with Crippen molar-refractivity contribution in [3.05, 3.63) is 34.1 Å². The number of carbonyl (C=O) groups is 1. The Labute approximate surface area is 112 Å². The van der Waals surface area contributed by atoms with Crippen LogP contribution in [0, 0.1) is 0 Å². The van der Waals surface area contributed by atoms with Crippen LogP contribution in [-0.4, -0.2) is 27.8 Å². The number of furan rings is 1. The summed E-state index contributed by atoms with van der Waals surface area (Å²) in [6.07, 6.45) is 0. The van der Waals surface area contributed by atoms with E-state index < -0.39 is 5.97 Å². The fourth-order valence-corrected chi connectivity index (χ4v) is 2.33. The lowest BCUT2D eigenvalue weighted by molar-refractivity contribution is 0.0563. The highest BCUT2D eigenvalue weighted by Crippen LogP contribution is 2.33. The van der Waals surface area contributed by atoms with E-state index in [-0.39, 0.29) is 16.7 Å². The molecule has 19 heavy (non-hydrogen) atoms. The van der Waals surface area contributed by atoms with E-state index >= 15 is 0 Å². The Hall–Kier alpha value is -1.96. The van der Waals surface area contributed by atoms with Crippen LogP contribution in [0.15, 0.2) is 26.5 Å². The highest BCUT2D eigenvalue weighted by molar-refractivity contribution is 7.99. The van der Waals surface area contributed by atoms with Gasteiger partial charge in [0.05, 0.1) is 12.4 Å². The molecule has 0 aromatic carbocycles. The van der Waals surface area contributed by atoms with Gasteiger partial charge in [-0.05, 0) is 19.1 Å². The summed E-state index contributed by atoms with van der Waals surface area (Å²) in [5, 5.41) is 6.71. The average Bonchev–Trinajstić information content (AvgIpc) is 3.00. The maximum Gasteiger partial charge on any atom is 0.373 e. The maximum absolute atomic E-state index is 11.3. The topological polar surface area (TPSA) is 90.1 Å². The molecular weight excluding hydrogens is 270 g/mol. The molecule has 7 nitrogen and oxygen atoms in total. The Morgan fingerprint density at radius 3 is 2.89 bits per heavy atom. The molecule has 8 heteroatoms. The predicted molar refractivity (Wildman–Crippen MR) is 68.1 cm³/mol. The molecule has 2 aromatic heterocycles. The highest BCUT2D eigenvalue weighted by atomic mass is 32.2. The molecule has 0 fully saturated rings. The molecule has 0 aliphatic carbocycles. The number of ether oxygens (including phenoxy) is 1. The number of H-pyrrole nitrogens is 1. The number of aromatic amines is 1. The number of esters is 1. The first-order chi connectivity index (χ1) is 9.02. The van der Waals surface area contributed by atoms with Gasteiger partial charge in [0, 0.05) is 7.05 Å². The van der Waals surface area contributed by atoms with Crippen LogP contribution in [0.4, 0.5) is 0 Å². The van der Waals surface area contributed by atoms with E-state index in [0.29, 0.717) is 10.9 Å². The summed E-state index contributed by atoms with van der Waals surface area (Å²) in [6, 6.07) is 3.26. The third-order valence-corrected chi connectivity index (χ3v) is 3.70. The molecule has 0 radical (unpaired) electrons. The Morgan fingerprint density at radius 1 is 1.58 bits per heavy atom. The number of thioether (sulfide) groups is 1. The van der Waals surface area contributed by atoms with Gasteiger partial charge in [0.25, 0.3) is 0 Å². The van der Waals surface area contributed by atoms with Crippen molar-refractivity contribution in [1.82, 2.24) is 14.8 Å². The van der Waals surface area contributed by atoms with Crippen LogP contribution >= 0.6 is 11.8 Å². The summed E-state index contributed by atoms with van der Waals surface area (Å²) >= 11 is 1.35. The minimum atomic E-state index is -0.518. The number of nitrogens with one attached hydrogen (secondary N) is 1. The molecule has 0 spiro atoms. The Bertz CT molecular complexity index is 642. The quantitative estimate of drug-likeness (QED) is 0.672. The van der Waals surface area contributed by atoms with Gasteiger partial charge < -0.3 is 9.15 Å². The van der Waals surface area contributed by atoms with E-state index in [0.717, 1.165) is 0 Å². The average molecular weight is 283 g/mol. The molecular formula is C11H13N3O4S. The number of carbonyl (C=O) groups excluding carboxylic acids is 1. The van der Waals surface area contributed by atoms with Crippen LogP contribution < -0.4 is 5.69 Å². The Morgan fingerprint density at radius 2 is 2.32 bits per heavy atom. The summed E-state index contributed by atoms with van der Waals surface area (Å²) in [5.41, 5.74) is -0.274. The van der Waals surface area contributed by atoms with E-state index in [1.54, 1.807) is 19.2 Å². The number of rotatable bonds is 4. The number of nitrogens with zero attached hydrogens (tertiary/aromatic N) is 2. The fraction of sp³-hybridized carbons (Fsp3) is 0.364. The normalized spacial score (nSPS) is 12.4. The molecule has 2 heterocycles. The van der Waals surface area contributed by atoms with Gasteiger partial charge in [-0.3, -0.25) is 4.57 Å². The molecule has 0 amide bonds. The van der Waals surface area contributed by atoms with Crippen molar-refractivity contribution in [2.45, 2.75) is 17.3 Å². The molecule has 1 N–H and O–H groups in total. The van der Waals surface area contributed by atoms with E-state index in [1.165, 1.54) is 23.4 Å². The van der Waals surface area contributed by atoms with Crippen molar-refractivity contribution in [1.29, 1.82) is 0 Å². The molecule has 0 aliphatic rings. The second kappa shape index (κ2) is 5.35. The Balaban J connectivity index is 2.14.